The van der Waals surface area contributed by atoms with Crippen LogP contribution in [0.25, 0.3) is 0 Å². The summed E-state index contributed by atoms with van der Waals surface area (Å²) >= 11 is 0. The molecule has 2 N–H and O–H groups in total. The minimum atomic E-state index is 0.253. The van der Waals surface area contributed by atoms with Gasteiger partial charge in [-0.15, -0.1) is 10.2 Å². The highest BCUT2D eigenvalue weighted by molar-refractivity contribution is 5.80. The molecule has 1 aromatic rings. The van der Waals surface area contributed by atoms with Crippen molar-refractivity contribution in [3.8, 4) is 0 Å². The summed E-state index contributed by atoms with van der Waals surface area (Å²) in [7, 11) is 1.98. The van der Waals surface area contributed by atoms with Gasteiger partial charge in [0.2, 0.25) is 0 Å². The van der Waals surface area contributed by atoms with Gasteiger partial charge in [0.05, 0.1) is 6.10 Å². The number of ether oxygens (including phenoxy) is 2. The van der Waals surface area contributed by atoms with Gasteiger partial charge in [0.1, 0.15) is 12.4 Å². The van der Waals surface area contributed by atoms with Gasteiger partial charge in [0, 0.05) is 44.9 Å². The Balaban J connectivity index is 1.66. The van der Waals surface area contributed by atoms with Crippen LogP contribution in [-0.4, -0.2) is 59.2 Å². The topological polar surface area (TPSA) is 85.6 Å². The maximum absolute atomic E-state index is 6.12. The zero-order chi connectivity index (χ0) is 21.4. The maximum atomic E-state index is 6.12. The smallest absolute Gasteiger partial charge is 0.191 e. The van der Waals surface area contributed by atoms with Crippen LogP contribution in [0.1, 0.15) is 70.4 Å². The van der Waals surface area contributed by atoms with E-state index in [9.17, 15) is 0 Å². The van der Waals surface area contributed by atoms with Crippen molar-refractivity contribution in [1.29, 1.82) is 0 Å². The van der Waals surface area contributed by atoms with Crippen LogP contribution in [0.5, 0.6) is 0 Å². The van der Waals surface area contributed by atoms with E-state index in [0.29, 0.717) is 18.7 Å². The number of nitrogens with zero attached hydrogens (tertiary/aromatic N) is 4. The molecule has 2 fully saturated rings. The van der Waals surface area contributed by atoms with Gasteiger partial charge >= 0.3 is 0 Å². The van der Waals surface area contributed by atoms with E-state index in [4.69, 9.17) is 14.5 Å². The first-order valence-corrected chi connectivity index (χ1v) is 11.7. The molecule has 1 heterocycles. The second kappa shape index (κ2) is 11.1. The molecule has 8 heteroatoms. The predicted octanol–water partition coefficient (Wildman–Crippen LogP) is 2.71. The van der Waals surface area contributed by atoms with Crippen molar-refractivity contribution in [2.24, 2.45) is 17.5 Å². The van der Waals surface area contributed by atoms with Crippen molar-refractivity contribution in [1.82, 2.24) is 25.4 Å². The molecule has 1 aromatic heterocycles. The molecular weight excluding hydrogens is 380 g/mol. The van der Waals surface area contributed by atoms with E-state index in [2.05, 4.69) is 27.8 Å². The van der Waals surface area contributed by atoms with Crippen LogP contribution in [-0.2, 0) is 23.1 Å². The Morgan fingerprint density at radius 2 is 2.00 bits per heavy atom. The second-order valence-corrected chi connectivity index (χ2v) is 8.53. The Kier molecular flexibility index (Phi) is 8.50. The number of nitrogens with one attached hydrogen (secondary N) is 2. The summed E-state index contributed by atoms with van der Waals surface area (Å²) in [5.74, 6) is 2.63. The Morgan fingerprint density at radius 3 is 2.67 bits per heavy atom. The number of rotatable bonds is 10. The summed E-state index contributed by atoms with van der Waals surface area (Å²) < 4.78 is 13.6. The molecule has 2 atom stereocenters. The molecule has 1 spiro atoms. The Bertz CT molecular complexity index is 683. The van der Waals surface area contributed by atoms with Gasteiger partial charge < -0.3 is 24.7 Å². The van der Waals surface area contributed by atoms with E-state index in [1.54, 1.807) is 0 Å². The van der Waals surface area contributed by atoms with Crippen LogP contribution in [0, 0.1) is 12.3 Å². The normalized spacial score (nSPS) is 23.4. The zero-order valence-corrected chi connectivity index (χ0v) is 19.2. The molecule has 0 aliphatic heterocycles. The molecule has 0 saturated heterocycles. The quantitative estimate of drug-likeness (QED) is 0.344. The average Bonchev–Trinajstić information content (AvgIpc) is 3.08. The highest BCUT2D eigenvalue weighted by atomic mass is 16.5. The average molecular weight is 421 g/mol. The molecule has 0 bridgehead atoms. The first-order chi connectivity index (χ1) is 14.6. The molecule has 30 heavy (non-hydrogen) atoms. The minimum absolute atomic E-state index is 0.253. The molecule has 0 radical (unpaired) electrons. The molecule has 8 nitrogen and oxygen atoms in total. The van der Waals surface area contributed by atoms with Crippen molar-refractivity contribution in [2.75, 3.05) is 26.4 Å². The Labute approximate surface area is 181 Å². The number of aromatic nitrogens is 3. The predicted molar refractivity (Wildman–Crippen MR) is 118 cm³/mol. The van der Waals surface area contributed by atoms with Crippen molar-refractivity contribution >= 4 is 5.96 Å². The maximum Gasteiger partial charge on any atom is 0.191 e. The molecule has 170 valence electrons. The highest BCUT2D eigenvalue weighted by Crippen LogP contribution is 2.53. The lowest BCUT2D eigenvalue weighted by atomic mass is 9.55. The number of aliphatic imine (C=N–C) groups is 1. The molecule has 0 amide bonds. The lowest BCUT2D eigenvalue weighted by Gasteiger charge is -2.58. The lowest BCUT2D eigenvalue weighted by molar-refractivity contribution is -0.145. The van der Waals surface area contributed by atoms with Crippen LogP contribution in [0.15, 0.2) is 4.99 Å². The van der Waals surface area contributed by atoms with E-state index in [1.165, 1.54) is 32.1 Å². The van der Waals surface area contributed by atoms with E-state index >= 15 is 0 Å². The van der Waals surface area contributed by atoms with Gasteiger partial charge in [-0.3, -0.25) is 0 Å². The van der Waals surface area contributed by atoms with Gasteiger partial charge in [-0.2, -0.15) is 0 Å². The Hall–Kier alpha value is -1.67. The molecule has 3 rings (SSSR count). The standard InChI is InChI=1S/C22H40N6O2/c1-5-29-14-10-13-23-21(24-16-20-27-26-17(3)28(20)4)25-18-15-19(30-6-2)22(18)11-8-7-9-12-22/h18-19H,5-16H2,1-4H3,(H2,23,24,25). The fraction of sp³-hybridized carbons (Fsp3) is 0.864. The van der Waals surface area contributed by atoms with Crippen molar-refractivity contribution < 1.29 is 9.47 Å². The third-order valence-electron chi connectivity index (χ3n) is 6.77. The van der Waals surface area contributed by atoms with Gasteiger partial charge in [0.15, 0.2) is 11.8 Å². The van der Waals surface area contributed by atoms with Crippen molar-refractivity contribution in [2.45, 2.75) is 84.4 Å². The van der Waals surface area contributed by atoms with E-state index in [-0.39, 0.29) is 5.41 Å². The Morgan fingerprint density at radius 1 is 1.20 bits per heavy atom. The van der Waals surface area contributed by atoms with Gasteiger partial charge in [-0.25, -0.2) is 4.99 Å². The largest absolute Gasteiger partial charge is 0.382 e. The third kappa shape index (κ3) is 5.32. The van der Waals surface area contributed by atoms with Crippen molar-refractivity contribution in [3.63, 3.8) is 0 Å². The SMILES string of the molecule is CCOCCCNC(=NCc1nnc(C)n1C)NC1CC(OCC)C12CCCCC2. The van der Waals surface area contributed by atoms with Crippen LogP contribution >= 0.6 is 0 Å². The van der Waals surface area contributed by atoms with Gasteiger partial charge in [0.25, 0.3) is 0 Å². The summed E-state index contributed by atoms with van der Waals surface area (Å²) in [4.78, 5) is 4.85. The summed E-state index contributed by atoms with van der Waals surface area (Å²) in [5.41, 5.74) is 0.253. The number of aryl methyl sites for hydroxylation is 1. The molecule has 2 unspecified atom stereocenters. The van der Waals surface area contributed by atoms with Crippen LogP contribution in [0.3, 0.4) is 0 Å². The molecule has 2 aliphatic rings. The first-order valence-electron chi connectivity index (χ1n) is 11.7. The fourth-order valence-corrected chi connectivity index (χ4v) is 4.85. The highest BCUT2D eigenvalue weighted by Gasteiger charge is 2.55. The third-order valence-corrected chi connectivity index (χ3v) is 6.77. The summed E-state index contributed by atoms with van der Waals surface area (Å²) in [6.07, 6.45) is 8.81. The van der Waals surface area contributed by atoms with E-state index < -0.39 is 0 Å². The number of hydrogen-bond acceptors (Lipinski definition) is 5. The van der Waals surface area contributed by atoms with Crippen molar-refractivity contribution in [3.05, 3.63) is 11.6 Å². The minimum Gasteiger partial charge on any atom is -0.382 e. The monoisotopic (exact) mass is 420 g/mol. The zero-order valence-electron chi connectivity index (χ0n) is 19.2. The van der Waals surface area contributed by atoms with E-state index in [1.807, 2.05) is 25.5 Å². The van der Waals surface area contributed by atoms with Crippen LogP contribution in [0.2, 0.25) is 0 Å². The first kappa shape index (κ1) is 23.0. The van der Waals surface area contributed by atoms with E-state index in [0.717, 1.165) is 56.8 Å². The number of hydrogen-bond donors (Lipinski definition) is 2. The second-order valence-electron chi connectivity index (χ2n) is 8.53. The molecule has 0 aromatic carbocycles. The summed E-state index contributed by atoms with van der Waals surface area (Å²) in [6.45, 7) is 9.74. The molecular formula is C22H40N6O2. The van der Waals surface area contributed by atoms with Gasteiger partial charge in [-0.1, -0.05) is 19.3 Å². The van der Waals surface area contributed by atoms with Crippen LogP contribution < -0.4 is 10.6 Å². The fourth-order valence-electron chi connectivity index (χ4n) is 4.85. The molecule has 2 aliphatic carbocycles. The summed E-state index contributed by atoms with van der Waals surface area (Å²) in [6, 6.07) is 0.411. The number of guanidine groups is 1. The molecule has 2 saturated carbocycles. The lowest BCUT2D eigenvalue weighted by Crippen LogP contribution is -2.66. The van der Waals surface area contributed by atoms with Gasteiger partial charge in [-0.05, 0) is 46.5 Å². The van der Waals surface area contributed by atoms with Crippen LogP contribution in [0.4, 0.5) is 0 Å². The summed E-state index contributed by atoms with van der Waals surface area (Å²) in [5, 5.41) is 15.7.